The normalized spacial score (nSPS) is 17.0. The van der Waals surface area contributed by atoms with Crippen LogP contribution in [-0.2, 0) is 0 Å². The maximum Gasteiger partial charge on any atom is 0.119 e. The number of benzene rings is 2. The van der Waals surface area contributed by atoms with E-state index >= 15 is 0 Å². The highest BCUT2D eigenvalue weighted by molar-refractivity contribution is 5.84. The van der Waals surface area contributed by atoms with Crippen molar-refractivity contribution in [2.24, 2.45) is 0 Å². The van der Waals surface area contributed by atoms with E-state index in [-0.39, 0.29) is 0 Å². The van der Waals surface area contributed by atoms with E-state index in [4.69, 9.17) is 4.74 Å². The van der Waals surface area contributed by atoms with Crippen LogP contribution in [0.1, 0.15) is 25.5 Å². The number of likely N-dealkylation sites (N-methyl/N-ethyl adjacent to an activating group) is 1. The van der Waals surface area contributed by atoms with Crippen LogP contribution in [0.5, 0.6) is 5.75 Å². The van der Waals surface area contributed by atoms with Gasteiger partial charge < -0.3 is 10.1 Å². The minimum absolute atomic E-state index is 0.452. The Morgan fingerprint density at radius 1 is 1.19 bits per heavy atom. The van der Waals surface area contributed by atoms with Crippen LogP contribution in [0.15, 0.2) is 36.4 Å². The smallest absolute Gasteiger partial charge is 0.119 e. The van der Waals surface area contributed by atoms with Crippen molar-refractivity contribution in [1.82, 2.24) is 10.2 Å². The molecule has 0 saturated carbocycles. The van der Waals surface area contributed by atoms with Crippen molar-refractivity contribution in [2.45, 2.75) is 25.9 Å². The molecule has 3 rings (SSSR count). The van der Waals surface area contributed by atoms with Gasteiger partial charge in [-0.2, -0.15) is 0 Å². The van der Waals surface area contributed by atoms with E-state index in [1.54, 1.807) is 7.11 Å². The highest BCUT2D eigenvalue weighted by Gasteiger charge is 2.27. The molecule has 21 heavy (non-hydrogen) atoms. The van der Waals surface area contributed by atoms with E-state index in [1.807, 2.05) is 6.07 Å². The molecule has 1 aliphatic rings. The highest BCUT2D eigenvalue weighted by atomic mass is 16.5. The van der Waals surface area contributed by atoms with Crippen molar-refractivity contribution in [1.29, 1.82) is 0 Å². The molecule has 1 aliphatic heterocycles. The molecule has 0 aromatic heterocycles. The summed E-state index contributed by atoms with van der Waals surface area (Å²) in [5.41, 5.74) is 1.39. The fourth-order valence-electron chi connectivity index (χ4n) is 3.18. The van der Waals surface area contributed by atoms with E-state index in [1.165, 1.54) is 16.3 Å². The summed E-state index contributed by atoms with van der Waals surface area (Å²) in [5, 5.41) is 5.88. The van der Waals surface area contributed by atoms with Crippen LogP contribution in [0.25, 0.3) is 10.8 Å². The van der Waals surface area contributed by atoms with Gasteiger partial charge in [0, 0.05) is 25.2 Å². The van der Waals surface area contributed by atoms with Gasteiger partial charge in [0.1, 0.15) is 5.75 Å². The third-order valence-corrected chi connectivity index (χ3v) is 4.65. The quantitative estimate of drug-likeness (QED) is 0.912. The Bertz CT molecular complexity index is 622. The fraction of sp³-hybridized carbons (Fsp3) is 0.444. The standard InChI is InChI=1S/C18H24N2O/c1-4-20(17-11-19-12-17)13(2)14-5-6-16-10-18(21-3)8-7-15(16)9-14/h5-10,13,17,19H,4,11-12H2,1-3H3. The second-order valence-electron chi connectivity index (χ2n) is 5.79. The summed E-state index contributed by atoms with van der Waals surface area (Å²) >= 11 is 0. The molecule has 2 aromatic carbocycles. The van der Waals surface area contributed by atoms with Crippen molar-refractivity contribution in [3.8, 4) is 5.75 Å². The van der Waals surface area contributed by atoms with E-state index < -0.39 is 0 Å². The Hall–Kier alpha value is -1.58. The number of nitrogens with one attached hydrogen (secondary N) is 1. The Kier molecular flexibility index (Phi) is 4.13. The lowest BCUT2D eigenvalue weighted by Gasteiger charge is -2.41. The molecule has 2 aromatic rings. The molecule has 0 bridgehead atoms. The zero-order valence-electron chi connectivity index (χ0n) is 13.1. The molecule has 1 saturated heterocycles. The van der Waals surface area contributed by atoms with Crippen LogP contribution in [0, 0.1) is 0 Å². The third kappa shape index (κ3) is 2.76. The molecule has 0 amide bonds. The average Bonchev–Trinajstić information content (AvgIpc) is 2.48. The van der Waals surface area contributed by atoms with Gasteiger partial charge in [0.25, 0.3) is 0 Å². The number of methoxy groups -OCH3 is 1. The number of hydrogen-bond acceptors (Lipinski definition) is 3. The van der Waals surface area contributed by atoms with Crippen LogP contribution >= 0.6 is 0 Å². The first-order chi connectivity index (χ1) is 10.2. The van der Waals surface area contributed by atoms with E-state index in [9.17, 15) is 0 Å². The number of hydrogen-bond donors (Lipinski definition) is 1. The average molecular weight is 284 g/mol. The molecule has 3 nitrogen and oxygen atoms in total. The Morgan fingerprint density at radius 3 is 2.52 bits per heavy atom. The molecule has 112 valence electrons. The minimum atomic E-state index is 0.452. The van der Waals surface area contributed by atoms with Gasteiger partial charge in [-0.3, -0.25) is 4.90 Å². The van der Waals surface area contributed by atoms with Gasteiger partial charge >= 0.3 is 0 Å². The van der Waals surface area contributed by atoms with Gasteiger partial charge in [-0.15, -0.1) is 0 Å². The largest absolute Gasteiger partial charge is 0.497 e. The lowest BCUT2D eigenvalue weighted by atomic mass is 9.99. The third-order valence-electron chi connectivity index (χ3n) is 4.65. The Balaban J connectivity index is 1.88. The first-order valence-electron chi connectivity index (χ1n) is 7.77. The summed E-state index contributed by atoms with van der Waals surface area (Å²) in [7, 11) is 1.71. The SMILES string of the molecule is CCN(C1CNC1)C(C)c1ccc2cc(OC)ccc2c1. The second-order valence-corrected chi connectivity index (χ2v) is 5.79. The summed E-state index contributed by atoms with van der Waals surface area (Å²) < 4.78 is 5.29. The van der Waals surface area contributed by atoms with Gasteiger partial charge in [-0.05, 0) is 48.0 Å². The molecule has 0 aliphatic carbocycles. The van der Waals surface area contributed by atoms with Gasteiger partial charge in [0.05, 0.1) is 7.11 Å². The van der Waals surface area contributed by atoms with E-state index in [2.05, 4.69) is 54.4 Å². The minimum Gasteiger partial charge on any atom is -0.497 e. The number of ether oxygens (including phenoxy) is 1. The lowest BCUT2D eigenvalue weighted by molar-refractivity contribution is 0.110. The van der Waals surface area contributed by atoms with Crippen LogP contribution in [0.2, 0.25) is 0 Å². The lowest BCUT2D eigenvalue weighted by Crippen LogP contribution is -2.57. The number of rotatable bonds is 5. The molecule has 1 atom stereocenters. The highest BCUT2D eigenvalue weighted by Crippen LogP contribution is 2.28. The van der Waals surface area contributed by atoms with Gasteiger partial charge in [0.15, 0.2) is 0 Å². The van der Waals surface area contributed by atoms with Crippen molar-refractivity contribution in [3.05, 3.63) is 42.0 Å². The Labute approximate surface area is 126 Å². The Morgan fingerprint density at radius 2 is 1.90 bits per heavy atom. The summed E-state index contributed by atoms with van der Waals surface area (Å²) in [4.78, 5) is 2.58. The summed E-state index contributed by atoms with van der Waals surface area (Å²) in [6.45, 7) is 7.88. The van der Waals surface area contributed by atoms with E-state index in [0.717, 1.165) is 25.4 Å². The van der Waals surface area contributed by atoms with Crippen molar-refractivity contribution in [2.75, 3.05) is 26.7 Å². The first-order valence-corrected chi connectivity index (χ1v) is 7.77. The molecule has 3 heteroatoms. The van der Waals surface area contributed by atoms with Crippen molar-refractivity contribution >= 4 is 10.8 Å². The molecule has 1 N–H and O–H groups in total. The zero-order valence-corrected chi connectivity index (χ0v) is 13.1. The molecule has 1 heterocycles. The summed E-state index contributed by atoms with van der Waals surface area (Å²) in [5.74, 6) is 0.916. The monoisotopic (exact) mass is 284 g/mol. The van der Waals surface area contributed by atoms with Gasteiger partial charge in [0.2, 0.25) is 0 Å². The predicted molar refractivity (Wildman–Crippen MR) is 88.0 cm³/mol. The number of nitrogens with zero attached hydrogens (tertiary/aromatic N) is 1. The van der Waals surface area contributed by atoms with Gasteiger partial charge in [-0.1, -0.05) is 25.1 Å². The number of fused-ring (bicyclic) bond motifs is 1. The van der Waals surface area contributed by atoms with Crippen molar-refractivity contribution in [3.63, 3.8) is 0 Å². The topological polar surface area (TPSA) is 24.5 Å². The molecular weight excluding hydrogens is 260 g/mol. The predicted octanol–water partition coefficient (Wildman–Crippen LogP) is 3.20. The first kappa shape index (κ1) is 14.4. The van der Waals surface area contributed by atoms with Crippen LogP contribution in [-0.4, -0.2) is 37.7 Å². The maximum atomic E-state index is 5.29. The van der Waals surface area contributed by atoms with Crippen LogP contribution in [0.3, 0.4) is 0 Å². The van der Waals surface area contributed by atoms with Crippen LogP contribution in [0.4, 0.5) is 0 Å². The zero-order chi connectivity index (χ0) is 14.8. The molecule has 1 unspecified atom stereocenters. The summed E-state index contributed by atoms with van der Waals surface area (Å²) in [6, 6.07) is 14.2. The van der Waals surface area contributed by atoms with Crippen LogP contribution < -0.4 is 10.1 Å². The molecule has 0 radical (unpaired) electrons. The molecule has 0 spiro atoms. The molecular formula is C18H24N2O. The summed E-state index contributed by atoms with van der Waals surface area (Å²) in [6.07, 6.45) is 0. The molecule has 1 fully saturated rings. The fourth-order valence-corrected chi connectivity index (χ4v) is 3.18. The second kappa shape index (κ2) is 6.04. The van der Waals surface area contributed by atoms with E-state index in [0.29, 0.717) is 12.1 Å². The van der Waals surface area contributed by atoms with Gasteiger partial charge in [-0.25, -0.2) is 0 Å². The maximum absolute atomic E-state index is 5.29. The van der Waals surface area contributed by atoms with Crippen molar-refractivity contribution < 1.29 is 4.74 Å².